The molecule has 0 radical (unpaired) electrons. The number of rotatable bonds is 3. The number of ether oxygens (including phenoxy) is 1. The van der Waals surface area contributed by atoms with Crippen molar-refractivity contribution < 1.29 is 4.74 Å². The highest BCUT2D eigenvalue weighted by Gasteiger charge is 2.24. The first-order chi connectivity index (χ1) is 10.3. The first-order valence-corrected chi connectivity index (χ1v) is 13.6. The van der Waals surface area contributed by atoms with Crippen LogP contribution >= 0.6 is 0 Å². The van der Waals surface area contributed by atoms with Crippen molar-refractivity contribution in [3.05, 3.63) is 54.6 Å². The summed E-state index contributed by atoms with van der Waals surface area (Å²) < 4.78 is 5.24. The summed E-state index contributed by atoms with van der Waals surface area (Å²) in [7, 11) is -1.73. The van der Waals surface area contributed by atoms with Crippen LogP contribution in [0.3, 0.4) is 0 Å². The van der Waals surface area contributed by atoms with Crippen molar-refractivity contribution in [2.45, 2.75) is 26.2 Å². The van der Waals surface area contributed by atoms with E-state index in [0.717, 1.165) is 5.75 Å². The van der Waals surface area contributed by atoms with Crippen LogP contribution in [0, 0.1) is 11.1 Å². The van der Waals surface area contributed by atoms with E-state index in [1.165, 1.54) is 10.4 Å². The quantitative estimate of drug-likeness (QED) is 0.622. The minimum Gasteiger partial charge on any atom is -0.497 e. The third-order valence-electron chi connectivity index (χ3n) is 3.99. The van der Waals surface area contributed by atoms with Crippen molar-refractivity contribution in [3.63, 3.8) is 0 Å². The fourth-order valence-corrected chi connectivity index (χ4v) is 7.13. The molecule has 0 heterocycles. The average molecular weight is 325 g/mol. The lowest BCUT2D eigenvalue weighted by Crippen LogP contribution is -2.44. The average Bonchev–Trinajstić information content (AvgIpc) is 2.54. The van der Waals surface area contributed by atoms with E-state index in [-0.39, 0.29) is 0 Å². The first-order valence-electron chi connectivity index (χ1n) is 7.59. The maximum atomic E-state index is 5.24. The highest BCUT2D eigenvalue weighted by atomic mass is 28.3. The number of hydrogen-bond donors (Lipinski definition) is 0. The van der Waals surface area contributed by atoms with Crippen molar-refractivity contribution in [1.82, 2.24) is 0 Å². The molecular formula is C19H24OSi2. The van der Waals surface area contributed by atoms with Crippen LogP contribution < -0.4 is 15.1 Å². The minimum atomic E-state index is -1.74. The predicted molar refractivity (Wildman–Crippen MR) is 101 cm³/mol. The Hall–Kier alpha value is -1.77. The van der Waals surface area contributed by atoms with E-state index in [2.05, 4.69) is 79.7 Å². The maximum Gasteiger partial charge on any atom is 0.161 e. The van der Waals surface area contributed by atoms with Crippen LogP contribution in [0.1, 0.15) is 0 Å². The molecule has 0 N–H and O–H groups in total. The number of methoxy groups -OCH3 is 1. The van der Waals surface area contributed by atoms with Crippen molar-refractivity contribution in [2.24, 2.45) is 0 Å². The van der Waals surface area contributed by atoms with Crippen molar-refractivity contribution >= 4 is 26.5 Å². The van der Waals surface area contributed by atoms with Gasteiger partial charge in [0.25, 0.3) is 0 Å². The second kappa shape index (κ2) is 6.55. The third kappa shape index (κ3) is 3.91. The summed E-state index contributed by atoms with van der Waals surface area (Å²) in [5.74, 6) is 0.903. The van der Waals surface area contributed by atoms with Gasteiger partial charge in [-0.15, -0.1) is 11.1 Å². The molecule has 0 unspecified atom stereocenters. The summed E-state index contributed by atoms with van der Waals surface area (Å²) in [6.45, 7) is 9.29. The SMILES string of the molecule is COc1ccc([Si](C)(C)C#C[Si](C)(C)c2ccccc2)cc1. The Morgan fingerprint density at radius 2 is 1.14 bits per heavy atom. The van der Waals surface area contributed by atoms with E-state index in [9.17, 15) is 0 Å². The fraction of sp³-hybridized carbons (Fsp3) is 0.263. The molecule has 0 fully saturated rings. The second-order valence-corrected chi connectivity index (χ2v) is 14.7. The Balaban J connectivity index is 2.28. The van der Waals surface area contributed by atoms with Gasteiger partial charge in [-0.1, -0.05) is 68.7 Å². The Bertz CT molecular complexity index is 677. The first kappa shape index (κ1) is 16.6. The molecule has 0 saturated heterocycles. The van der Waals surface area contributed by atoms with Crippen LogP contribution in [0.5, 0.6) is 5.75 Å². The molecule has 0 amide bonds. The zero-order valence-electron chi connectivity index (χ0n) is 14.1. The van der Waals surface area contributed by atoms with Gasteiger partial charge in [0.2, 0.25) is 0 Å². The molecule has 0 aliphatic heterocycles. The van der Waals surface area contributed by atoms with Gasteiger partial charge in [0.15, 0.2) is 16.1 Å². The summed E-state index contributed by atoms with van der Waals surface area (Å²) in [6.07, 6.45) is 0. The molecule has 3 heteroatoms. The van der Waals surface area contributed by atoms with Crippen molar-refractivity contribution in [1.29, 1.82) is 0 Å². The van der Waals surface area contributed by atoms with Gasteiger partial charge in [0, 0.05) is 0 Å². The molecule has 22 heavy (non-hydrogen) atoms. The Morgan fingerprint density at radius 1 is 0.682 bits per heavy atom. The zero-order chi connectivity index (χ0) is 16.2. The lowest BCUT2D eigenvalue weighted by molar-refractivity contribution is 0.415. The molecule has 0 bridgehead atoms. The summed E-state index contributed by atoms with van der Waals surface area (Å²) >= 11 is 0. The maximum absolute atomic E-state index is 5.24. The van der Waals surface area contributed by atoms with Crippen LogP contribution in [0.2, 0.25) is 26.2 Å². The van der Waals surface area contributed by atoms with Crippen molar-refractivity contribution in [2.75, 3.05) is 7.11 Å². The zero-order valence-corrected chi connectivity index (χ0v) is 16.1. The van der Waals surface area contributed by atoms with Gasteiger partial charge in [-0.3, -0.25) is 0 Å². The topological polar surface area (TPSA) is 9.23 Å². The van der Waals surface area contributed by atoms with E-state index in [0.29, 0.717) is 0 Å². The summed E-state index contributed by atoms with van der Waals surface area (Å²) in [4.78, 5) is 0. The summed E-state index contributed by atoms with van der Waals surface area (Å²) in [5, 5.41) is 2.76. The van der Waals surface area contributed by atoms with Crippen LogP contribution in [-0.4, -0.2) is 23.3 Å². The Labute approximate surface area is 136 Å². The van der Waals surface area contributed by atoms with E-state index >= 15 is 0 Å². The molecule has 0 spiro atoms. The van der Waals surface area contributed by atoms with E-state index < -0.39 is 16.1 Å². The third-order valence-corrected chi connectivity index (χ3v) is 9.30. The molecule has 0 atom stereocenters. The van der Waals surface area contributed by atoms with Crippen LogP contribution in [0.15, 0.2) is 54.6 Å². The minimum absolute atomic E-state index is 0.903. The number of hydrogen-bond acceptors (Lipinski definition) is 1. The smallest absolute Gasteiger partial charge is 0.161 e. The molecule has 0 aliphatic carbocycles. The van der Waals surface area contributed by atoms with Gasteiger partial charge in [-0.2, -0.15) is 0 Å². The van der Waals surface area contributed by atoms with Crippen molar-refractivity contribution in [3.8, 4) is 16.8 Å². The van der Waals surface area contributed by atoms with Gasteiger partial charge in [-0.05, 0) is 22.5 Å². The van der Waals surface area contributed by atoms with E-state index in [4.69, 9.17) is 4.74 Å². The van der Waals surface area contributed by atoms with Gasteiger partial charge >= 0.3 is 0 Å². The summed E-state index contributed by atoms with van der Waals surface area (Å²) in [6, 6.07) is 19.1. The highest BCUT2D eigenvalue weighted by molar-refractivity contribution is 7.01. The normalized spacial score (nSPS) is 11.5. The van der Waals surface area contributed by atoms with Gasteiger partial charge in [0.1, 0.15) is 5.75 Å². The standard InChI is InChI=1S/C19H24OSi2/c1-20-17-11-13-19(14-12-17)22(4,5)16-15-21(2,3)18-9-7-6-8-10-18/h6-14H,1-5H3. The molecule has 2 aromatic rings. The second-order valence-electron chi connectivity index (χ2n) is 6.59. The molecule has 2 rings (SSSR count). The Kier molecular flexibility index (Phi) is 4.95. The fourth-order valence-electron chi connectivity index (χ4n) is 2.32. The summed E-state index contributed by atoms with van der Waals surface area (Å²) in [5.41, 5.74) is 7.32. The molecule has 1 nitrogen and oxygen atoms in total. The lowest BCUT2D eigenvalue weighted by atomic mass is 10.3. The van der Waals surface area contributed by atoms with E-state index in [1.54, 1.807) is 7.11 Å². The van der Waals surface area contributed by atoms with Gasteiger partial charge in [0.05, 0.1) is 7.11 Å². The molecule has 0 saturated carbocycles. The van der Waals surface area contributed by atoms with Crippen LogP contribution in [0.4, 0.5) is 0 Å². The molecule has 2 aromatic carbocycles. The molecular weight excluding hydrogens is 300 g/mol. The molecule has 0 aliphatic rings. The largest absolute Gasteiger partial charge is 0.497 e. The molecule has 0 aromatic heterocycles. The van der Waals surface area contributed by atoms with Crippen LogP contribution in [0.25, 0.3) is 0 Å². The van der Waals surface area contributed by atoms with E-state index in [1.807, 2.05) is 12.1 Å². The predicted octanol–water partition coefficient (Wildman–Crippen LogP) is 3.31. The Morgan fingerprint density at radius 3 is 1.59 bits per heavy atom. The lowest BCUT2D eigenvalue weighted by Gasteiger charge is -2.19. The van der Waals surface area contributed by atoms with Crippen LogP contribution in [-0.2, 0) is 0 Å². The van der Waals surface area contributed by atoms with Gasteiger partial charge in [-0.25, -0.2) is 0 Å². The number of benzene rings is 2. The van der Waals surface area contributed by atoms with Gasteiger partial charge < -0.3 is 4.74 Å². The highest BCUT2D eigenvalue weighted by Crippen LogP contribution is 2.10. The molecule has 114 valence electrons. The monoisotopic (exact) mass is 324 g/mol.